The number of anilines is 1. The summed E-state index contributed by atoms with van der Waals surface area (Å²) < 4.78 is 13.8. The number of hydrogen-bond acceptors (Lipinski definition) is 5. The molecule has 1 aliphatic heterocycles. The summed E-state index contributed by atoms with van der Waals surface area (Å²) in [5.41, 5.74) is 2.69. The van der Waals surface area contributed by atoms with Crippen molar-refractivity contribution in [1.29, 1.82) is 0 Å². The molecule has 7 heteroatoms. The second-order valence-electron chi connectivity index (χ2n) is 5.37. The Morgan fingerprint density at radius 2 is 2.45 bits per heavy atom. The van der Waals surface area contributed by atoms with E-state index in [1.165, 1.54) is 17.5 Å². The Hall–Kier alpha value is -2.02. The molecule has 22 heavy (non-hydrogen) atoms. The number of nitrogens with zero attached hydrogens (tertiary/aromatic N) is 3. The molecule has 1 N–H and O–H groups in total. The Morgan fingerprint density at radius 1 is 1.55 bits per heavy atom. The molecule has 1 amide bonds. The van der Waals surface area contributed by atoms with Gasteiger partial charge < -0.3 is 10.2 Å². The van der Waals surface area contributed by atoms with Crippen LogP contribution < -0.4 is 10.2 Å². The third-order valence-electron chi connectivity index (χ3n) is 3.83. The molecule has 0 radical (unpaired) electrons. The first-order valence-corrected chi connectivity index (χ1v) is 8.19. The average molecular weight is 320 g/mol. The summed E-state index contributed by atoms with van der Waals surface area (Å²) >= 11 is 1.40. The van der Waals surface area contributed by atoms with Crippen LogP contribution in [0.25, 0.3) is 0 Å². The smallest absolute Gasteiger partial charge is 0.270 e. The molecule has 0 aliphatic carbocycles. The largest absolute Gasteiger partial charge is 0.369 e. The molecule has 1 saturated heterocycles. The fourth-order valence-electron chi connectivity index (χ4n) is 2.73. The van der Waals surface area contributed by atoms with E-state index in [1.54, 1.807) is 23.2 Å². The van der Waals surface area contributed by atoms with Crippen molar-refractivity contribution in [3.63, 3.8) is 0 Å². The molecule has 5 nitrogen and oxygen atoms in total. The molecule has 116 valence electrons. The maximum Gasteiger partial charge on any atom is 0.270 e. The first-order chi connectivity index (χ1) is 10.7. The normalized spacial score (nSPS) is 18.2. The van der Waals surface area contributed by atoms with Crippen molar-refractivity contribution in [3.05, 3.63) is 40.9 Å². The van der Waals surface area contributed by atoms with Gasteiger partial charge in [0.2, 0.25) is 0 Å². The van der Waals surface area contributed by atoms with E-state index in [9.17, 15) is 9.18 Å². The van der Waals surface area contributed by atoms with Crippen LogP contribution in [0.4, 0.5) is 10.1 Å². The highest BCUT2D eigenvalue weighted by atomic mass is 32.1. The fourth-order valence-corrected chi connectivity index (χ4v) is 3.26. The van der Waals surface area contributed by atoms with E-state index in [4.69, 9.17) is 0 Å². The lowest BCUT2D eigenvalue weighted by molar-refractivity contribution is 0.0941. The summed E-state index contributed by atoms with van der Waals surface area (Å²) in [7, 11) is 0. The van der Waals surface area contributed by atoms with Crippen molar-refractivity contribution < 1.29 is 9.18 Å². The van der Waals surface area contributed by atoms with Gasteiger partial charge in [0.15, 0.2) is 5.82 Å². The second-order valence-corrected chi connectivity index (χ2v) is 6.08. The van der Waals surface area contributed by atoms with Crippen molar-refractivity contribution in [3.8, 4) is 0 Å². The molecule has 2 aromatic rings. The Kier molecular flexibility index (Phi) is 4.62. The van der Waals surface area contributed by atoms with E-state index in [1.807, 2.05) is 4.90 Å². The standard InChI is InChI=1S/C15H17FN4OS/c16-12-7-17-4-3-14(12)20-5-1-2-11(8-20)6-18-15(21)13-9-22-10-19-13/h3-4,7,9-11H,1-2,5-6,8H2,(H,18,21). The lowest BCUT2D eigenvalue weighted by Gasteiger charge is -2.34. The van der Waals surface area contributed by atoms with Crippen LogP contribution in [0.15, 0.2) is 29.4 Å². The predicted octanol–water partition coefficient (Wildman–Crippen LogP) is 2.32. The molecule has 3 heterocycles. The van der Waals surface area contributed by atoms with Crippen LogP contribution in [0.2, 0.25) is 0 Å². The lowest BCUT2D eigenvalue weighted by atomic mass is 9.97. The number of thiazole rings is 1. The molecule has 1 fully saturated rings. The van der Waals surface area contributed by atoms with E-state index in [0.29, 0.717) is 23.8 Å². The van der Waals surface area contributed by atoms with Crippen molar-refractivity contribution in [2.24, 2.45) is 5.92 Å². The number of carbonyl (C=O) groups excluding carboxylic acids is 1. The summed E-state index contributed by atoms with van der Waals surface area (Å²) in [5, 5.41) is 4.64. The van der Waals surface area contributed by atoms with Gasteiger partial charge in [0.1, 0.15) is 5.69 Å². The maximum atomic E-state index is 13.8. The highest BCUT2D eigenvalue weighted by Gasteiger charge is 2.22. The number of amides is 1. The van der Waals surface area contributed by atoms with E-state index >= 15 is 0 Å². The Bertz CT molecular complexity index is 634. The van der Waals surface area contributed by atoms with Gasteiger partial charge in [-0.15, -0.1) is 11.3 Å². The quantitative estimate of drug-likeness (QED) is 0.939. The molecule has 0 bridgehead atoms. The molecular weight excluding hydrogens is 303 g/mol. The minimum atomic E-state index is -0.297. The Labute approximate surface area is 132 Å². The second kappa shape index (κ2) is 6.83. The van der Waals surface area contributed by atoms with Gasteiger partial charge in [0, 0.05) is 31.2 Å². The number of carbonyl (C=O) groups is 1. The lowest BCUT2D eigenvalue weighted by Crippen LogP contribution is -2.41. The van der Waals surface area contributed by atoms with E-state index in [-0.39, 0.29) is 11.7 Å². The Morgan fingerprint density at radius 3 is 3.23 bits per heavy atom. The molecular formula is C15H17FN4OS. The zero-order valence-electron chi connectivity index (χ0n) is 12.0. The number of nitrogens with one attached hydrogen (secondary N) is 1. The van der Waals surface area contributed by atoms with Crippen LogP contribution in [-0.4, -0.2) is 35.5 Å². The van der Waals surface area contributed by atoms with Crippen molar-refractivity contribution >= 4 is 22.9 Å². The van der Waals surface area contributed by atoms with Gasteiger partial charge in [-0.3, -0.25) is 9.78 Å². The maximum absolute atomic E-state index is 13.8. The van der Waals surface area contributed by atoms with Crippen molar-refractivity contribution in [2.75, 3.05) is 24.5 Å². The van der Waals surface area contributed by atoms with Crippen LogP contribution in [0.1, 0.15) is 23.3 Å². The number of rotatable bonds is 4. The highest BCUT2D eigenvalue weighted by molar-refractivity contribution is 7.07. The summed E-state index contributed by atoms with van der Waals surface area (Å²) in [6.45, 7) is 2.15. The van der Waals surface area contributed by atoms with Crippen LogP contribution in [-0.2, 0) is 0 Å². The molecule has 1 atom stereocenters. The topological polar surface area (TPSA) is 58.1 Å². The molecule has 3 rings (SSSR count). The van der Waals surface area contributed by atoms with Gasteiger partial charge in [-0.1, -0.05) is 0 Å². The van der Waals surface area contributed by atoms with Crippen LogP contribution in [0.3, 0.4) is 0 Å². The first-order valence-electron chi connectivity index (χ1n) is 7.25. The van der Waals surface area contributed by atoms with Crippen LogP contribution in [0, 0.1) is 11.7 Å². The molecule has 0 spiro atoms. The Balaban J connectivity index is 1.57. The van der Waals surface area contributed by atoms with Crippen molar-refractivity contribution in [2.45, 2.75) is 12.8 Å². The van der Waals surface area contributed by atoms with Gasteiger partial charge in [-0.2, -0.15) is 0 Å². The van der Waals surface area contributed by atoms with E-state index in [0.717, 1.165) is 25.9 Å². The van der Waals surface area contributed by atoms with E-state index in [2.05, 4.69) is 15.3 Å². The van der Waals surface area contributed by atoms with Crippen LogP contribution in [0.5, 0.6) is 0 Å². The zero-order chi connectivity index (χ0) is 15.4. The zero-order valence-corrected chi connectivity index (χ0v) is 12.9. The summed E-state index contributed by atoms with van der Waals surface area (Å²) in [5.74, 6) is -0.132. The third kappa shape index (κ3) is 3.41. The minimum Gasteiger partial charge on any atom is -0.369 e. The number of hydrogen-bond donors (Lipinski definition) is 1. The average Bonchev–Trinajstić information content (AvgIpc) is 3.08. The number of piperidine rings is 1. The molecule has 0 saturated carbocycles. The van der Waals surface area contributed by atoms with Gasteiger partial charge in [0.05, 0.1) is 17.4 Å². The summed E-state index contributed by atoms with van der Waals surface area (Å²) in [6.07, 6.45) is 4.86. The minimum absolute atomic E-state index is 0.145. The van der Waals surface area contributed by atoms with Crippen molar-refractivity contribution in [1.82, 2.24) is 15.3 Å². The third-order valence-corrected chi connectivity index (χ3v) is 4.41. The monoisotopic (exact) mass is 320 g/mol. The molecule has 1 aliphatic rings. The molecule has 2 aromatic heterocycles. The number of halogens is 1. The number of pyridine rings is 1. The summed E-state index contributed by atoms with van der Waals surface area (Å²) in [6, 6.07) is 1.70. The molecule has 0 aromatic carbocycles. The van der Waals surface area contributed by atoms with Gasteiger partial charge in [-0.25, -0.2) is 9.37 Å². The van der Waals surface area contributed by atoms with Gasteiger partial charge in [0.25, 0.3) is 5.91 Å². The van der Waals surface area contributed by atoms with Gasteiger partial charge >= 0.3 is 0 Å². The molecule has 1 unspecified atom stereocenters. The first kappa shape index (κ1) is 14.9. The highest BCUT2D eigenvalue weighted by Crippen LogP contribution is 2.24. The van der Waals surface area contributed by atoms with Gasteiger partial charge in [-0.05, 0) is 24.8 Å². The fraction of sp³-hybridized carbons (Fsp3) is 0.400. The SMILES string of the molecule is O=C(NCC1CCCN(c2ccncc2F)C1)c1cscn1. The van der Waals surface area contributed by atoms with Crippen LogP contribution >= 0.6 is 11.3 Å². The summed E-state index contributed by atoms with van der Waals surface area (Å²) in [4.78, 5) is 21.7. The predicted molar refractivity (Wildman–Crippen MR) is 83.6 cm³/mol. The van der Waals surface area contributed by atoms with E-state index < -0.39 is 0 Å². The number of aromatic nitrogens is 2.